The summed E-state index contributed by atoms with van der Waals surface area (Å²) in [5, 5.41) is 1.93. The molecule has 0 aliphatic heterocycles. The molecule has 3 heterocycles. The number of aromatic nitrogens is 2. The van der Waals surface area contributed by atoms with Crippen LogP contribution in [0, 0.1) is 0 Å². The molecule has 0 aliphatic rings. The van der Waals surface area contributed by atoms with E-state index in [1.165, 1.54) is 6.07 Å². The van der Waals surface area contributed by atoms with Crippen LogP contribution in [0.1, 0.15) is 0 Å². The molecule has 1 aromatic carbocycles. The van der Waals surface area contributed by atoms with E-state index in [4.69, 9.17) is 9.47 Å². The fraction of sp³-hybridized carbons (Fsp3) is 0.125. The second-order valence-electron chi connectivity index (χ2n) is 4.82. The molecule has 0 saturated carbocycles. The van der Waals surface area contributed by atoms with Crippen LogP contribution < -0.4 is 15.0 Å². The van der Waals surface area contributed by atoms with Gasteiger partial charge in [0.25, 0.3) is 5.56 Å². The number of pyridine rings is 2. The lowest BCUT2D eigenvalue weighted by molar-refractivity contribution is 0.356. The number of methoxy groups -OCH3 is 2. The molecular formula is C16H12N2O3. The Labute approximate surface area is 119 Å². The number of rotatable bonds is 2. The first-order valence-corrected chi connectivity index (χ1v) is 6.52. The number of ether oxygens (including phenoxy) is 2. The van der Waals surface area contributed by atoms with Crippen LogP contribution in [0.4, 0.5) is 0 Å². The molecule has 0 aliphatic carbocycles. The van der Waals surface area contributed by atoms with E-state index < -0.39 is 0 Å². The average molecular weight is 280 g/mol. The van der Waals surface area contributed by atoms with E-state index in [1.54, 1.807) is 30.9 Å². The van der Waals surface area contributed by atoms with Crippen LogP contribution >= 0.6 is 0 Å². The monoisotopic (exact) mass is 280 g/mol. The van der Waals surface area contributed by atoms with Gasteiger partial charge in [-0.05, 0) is 18.2 Å². The highest BCUT2D eigenvalue weighted by Gasteiger charge is 2.16. The topological polar surface area (TPSA) is 52.8 Å². The van der Waals surface area contributed by atoms with Crippen LogP contribution in [0.5, 0.6) is 11.5 Å². The maximum absolute atomic E-state index is 12.3. The van der Waals surface area contributed by atoms with Crippen molar-refractivity contribution in [3.8, 4) is 11.5 Å². The first-order valence-electron chi connectivity index (χ1n) is 6.52. The van der Waals surface area contributed by atoms with Gasteiger partial charge >= 0.3 is 0 Å². The average Bonchev–Trinajstić information content (AvgIpc) is 2.85. The Balaban J connectivity index is 2.35. The van der Waals surface area contributed by atoms with Crippen molar-refractivity contribution in [1.29, 1.82) is 0 Å². The zero-order valence-corrected chi connectivity index (χ0v) is 11.6. The lowest BCUT2D eigenvalue weighted by atomic mass is 10.1. The van der Waals surface area contributed by atoms with Gasteiger partial charge in [0.15, 0.2) is 11.5 Å². The highest BCUT2D eigenvalue weighted by molar-refractivity contribution is 6.13. The van der Waals surface area contributed by atoms with Crippen LogP contribution in [0.15, 0.2) is 41.3 Å². The van der Waals surface area contributed by atoms with Gasteiger partial charge in [-0.25, -0.2) is 0 Å². The molecule has 0 atom stereocenters. The number of fused-ring (bicyclic) bond motifs is 3. The van der Waals surface area contributed by atoms with Crippen molar-refractivity contribution in [2.45, 2.75) is 0 Å². The summed E-state index contributed by atoms with van der Waals surface area (Å²) in [6.45, 7) is 0. The first kappa shape index (κ1) is 12.0. The van der Waals surface area contributed by atoms with Crippen molar-refractivity contribution in [3.63, 3.8) is 0 Å². The van der Waals surface area contributed by atoms with Crippen molar-refractivity contribution < 1.29 is 9.47 Å². The Hall–Kier alpha value is -2.82. The van der Waals surface area contributed by atoms with Crippen LogP contribution in [0.25, 0.3) is 27.3 Å². The Morgan fingerprint density at radius 2 is 1.76 bits per heavy atom. The highest BCUT2D eigenvalue weighted by atomic mass is 16.5. The lowest BCUT2D eigenvalue weighted by Gasteiger charge is -2.07. The SMILES string of the molecule is COc1cc2c3ccnc4ccc(=O)n(c2cc1OC)c43. The third-order valence-corrected chi connectivity index (χ3v) is 3.81. The minimum atomic E-state index is -0.0808. The van der Waals surface area contributed by atoms with Crippen molar-refractivity contribution in [2.24, 2.45) is 0 Å². The summed E-state index contributed by atoms with van der Waals surface area (Å²) in [5.74, 6) is 1.24. The van der Waals surface area contributed by atoms with Gasteiger partial charge in [0.1, 0.15) is 0 Å². The molecule has 0 bridgehead atoms. The molecule has 0 spiro atoms. The first-order chi connectivity index (χ1) is 10.2. The Kier molecular flexibility index (Phi) is 2.33. The Morgan fingerprint density at radius 3 is 2.52 bits per heavy atom. The number of benzene rings is 1. The summed E-state index contributed by atoms with van der Waals surface area (Å²) in [5.41, 5.74) is 2.34. The summed E-state index contributed by atoms with van der Waals surface area (Å²) in [6, 6.07) is 8.92. The second-order valence-corrected chi connectivity index (χ2v) is 4.82. The van der Waals surface area contributed by atoms with Crippen LogP contribution in [0.2, 0.25) is 0 Å². The molecule has 0 saturated heterocycles. The standard InChI is InChI=1S/C16H12N2O3/c1-20-13-7-10-9-5-6-17-11-3-4-15(19)18(16(9)11)12(10)8-14(13)21-2/h3-8H,1-2H3. The van der Waals surface area contributed by atoms with Crippen LogP contribution in [0.3, 0.4) is 0 Å². The highest BCUT2D eigenvalue weighted by Crippen LogP contribution is 2.37. The summed E-state index contributed by atoms with van der Waals surface area (Å²) >= 11 is 0. The van der Waals surface area contributed by atoms with Crippen molar-refractivity contribution >= 4 is 27.3 Å². The molecule has 104 valence electrons. The van der Waals surface area contributed by atoms with Gasteiger partial charge in [0.05, 0.1) is 30.8 Å². The van der Waals surface area contributed by atoms with Crippen molar-refractivity contribution in [3.05, 3.63) is 46.9 Å². The molecule has 0 unspecified atom stereocenters. The molecule has 4 rings (SSSR count). The quantitative estimate of drug-likeness (QED) is 0.566. The van der Waals surface area contributed by atoms with Gasteiger partial charge < -0.3 is 9.47 Å². The molecule has 21 heavy (non-hydrogen) atoms. The zero-order valence-electron chi connectivity index (χ0n) is 11.6. The molecule has 5 heteroatoms. The Bertz CT molecular complexity index is 1040. The van der Waals surface area contributed by atoms with Crippen molar-refractivity contribution in [2.75, 3.05) is 14.2 Å². The molecule has 0 amide bonds. The van der Waals surface area contributed by atoms with Crippen LogP contribution in [-0.2, 0) is 0 Å². The zero-order chi connectivity index (χ0) is 14.6. The van der Waals surface area contributed by atoms with E-state index in [9.17, 15) is 4.79 Å². The molecule has 3 aromatic heterocycles. The predicted molar refractivity (Wildman–Crippen MR) is 80.8 cm³/mol. The van der Waals surface area contributed by atoms with Gasteiger partial charge in [-0.2, -0.15) is 0 Å². The van der Waals surface area contributed by atoms with E-state index >= 15 is 0 Å². The van der Waals surface area contributed by atoms with Gasteiger partial charge in [-0.15, -0.1) is 0 Å². The van der Waals surface area contributed by atoms with E-state index in [0.29, 0.717) is 11.5 Å². The third kappa shape index (κ3) is 1.45. The van der Waals surface area contributed by atoms with Gasteiger partial charge in [-0.3, -0.25) is 14.2 Å². The molecular weight excluding hydrogens is 268 g/mol. The van der Waals surface area contributed by atoms with E-state index in [2.05, 4.69) is 4.98 Å². The fourth-order valence-corrected chi connectivity index (χ4v) is 2.89. The second kappa shape index (κ2) is 4.09. The third-order valence-electron chi connectivity index (χ3n) is 3.81. The largest absolute Gasteiger partial charge is 0.493 e. The summed E-state index contributed by atoms with van der Waals surface area (Å²) < 4.78 is 12.4. The summed E-state index contributed by atoms with van der Waals surface area (Å²) in [4.78, 5) is 16.6. The minimum Gasteiger partial charge on any atom is -0.493 e. The van der Waals surface area contributed by atoms with Crippen LogP contribution in [-0.4, -0.2) is 23.6 Å². The number of hydrogen-bond donors (Lipinski definition) is 0. The molecule has 5 nitrogen and oxygen atoms in total. The normalized spacial score (nSPS) is 11.5. The maximum atomic E-state index is 12.3. The van der Waals surface area contributed by atoms with Gasteiger partial charge in [0.2, 0.25) is 0 Å². The van der Waals surface area contributed by atoms with Gasteiger partial charge in [-0.1, -0.05) is 0 Å². The summed E-state index contributed by atoms with van der Waals surface area (Å²) in [6.07, 6.45) is 1.75. The molecule has 0 N–H and O–H groups in total. The Morgan fingerprint density at radius 1 is 1.00 bits per heavy atom. The molecule has 0 radical (unpaired) electrons. The molecule has 4 aromatic rings. The fourth-order valence-electron chi connectivity index (χ4n) is 2.89. The number of hydrogen-bond acceptors (Lipinski definition) is 4. The minimum absolute atomic E-state index is 0.0808. The summed E-state index contributed by atoms with van der Waals surface area (Å²) in [7, 11) is 3.18. The number of nitrogens with zero attached hydrogens (tertiary/aromatic N) is 2. The predicted octanol–water partition coefficient (Wildman–Crippen LogP) is 2.46. The lowest BCUT2D eigenvalue weighted by Crippen LogP contribution is -2.10. The van der Waals surface area contributed by atoms with E-state index in [1.807, 2.05) is 18.2 Å². The van der Waals surface area contributed by atoms with Crippen molar-refractivity contribution in [1.82, 2.24) is 9.38 Å². The maximum Gasteiger partial charge on any atom is 0.255 e. The van der Waals surface area contributed by atoms with Gasteiger partial charge in [0, 0.05) is 29.1 Å². The smallest absolute Gasteiger partial charge is 0.255 e. The van der Waals surface area contributed by atoms with E-state index in [0.717, 1.165) is 27.3 Å². The van der Waals surface area contributed by atoms with E-state index in [-0.39, 0.29) is 5.56 Å². The molecule has 0 fully saturated rings.